The van der Waals surface area contributed by atoms with Crippen molar-refractivity contribution in [3.63, 3.8) is 0 Å². The Morgan fingerprint density at radius 3 is 2.04 bits per heavy atom. The molecular formula is C19H21N3O4. The van der Waals surface area contributed by atoms with E-state index in [1.807, 2.05) is 0 Å². The molecular weight excluding hydrogens is 334 g/mol. The van der Waals surface area contributed by atoms with Crippen LogP contribution >= 0.6 is 0 Å². The van der Waals surface area contributed by atoms with Crippen molar-refractivity contribution < 1.29 is 19.1 Å². The summed E-state index contributed by atoms with van der Waals surface area (Å²) in [5, 5.41) is 8.11. The maximum Gasteiger partial charge on any atom is 0.255 e. The first-order valence-electron chi connectivity index (χ1n) is 8.06. The summed E-state index contributed by atoms with van der Waals surface area (Å²) in [4.78, 5) is 35.4. The number of rotatable bonds is 7. The minimum absolute atomic E-state index is 0.164. The monoisotopic (exact) mass is 355 g/mol. The molecule has 2 aromatic rings. The maximum atomic E-state index is 12.4. The summed E-state index contributed by atoms with van der Waals surface area (Å²) in [5.41, 5.74) is 1.99. The normalized spacial score (nSPS) is 10.1. The topological polar surface area (TPSA) is 96.5 Å². The zero-order chi connectivity index (χ0) is 18.9. The van der Waals surface area contributed by atoms with Gasteiger partial charge in [0, 0.05) is 43.1 Å². The summed E-state index contributed by atoms with van der Waals surface area (Å²) < 4.78 is 4.88. The Labute approximate surface area is 151 Å². The Balaban J connectivity index is 2.02. The lowest BCUT2D eigenvalue weighted by atomic mass is 10.1. The molecule has 0 unspecified atom stereocenters. The van der Waals surface area contributed by atoms with Crippen LogP contribution in [0.4, 0.5) is 11.4 Å². The number of hydrogen-bond donors (Lipinski definition) is 3. The van der Waals surface area contributed by atoms with Crippen molar-refractivity contribution >= 4 is 29.1 Å². The van der Waals surface area contributed by atoms with Crippen molar-refractivity contribution in [1.29, 1.82) is 0 Å². The van der Waals surface area contributed by atoms with Crippen LogP contribution in [0.5, 0.6) is 0 Å². The van der Waals surface area contributed by atoms with E-state index in [0.29, 0.717) is 35.7 Å². The standard InChI is InChI=1S/C19H21N3O4/c1-13(23)21-16-6-8-17(9-7-16)22-19(25)15-5-3-4-14(12-15)18(24)20-10-11-26-2/h3-9,12H,10-11H2,1-2H3,(H,20,24)(H,21,23)(H,22,25). The Kier molecular flexibility index (Phi) is 6.87. The Morgan fingerprint density at radius 2 is 1.46 bits per heavy atom. The molecule has 2 aromatic carbocycles. The van der Waals surface area contributed by atoms with E-state index in [1.54, 1.807) is 49.6 Å². The summed E-state index contributed by atoms with van der Waals surface area (Å²) in [7, 11) is 1.56. The van der Waals surface area contributed by atoms with Gasteiger partial charge in [-0.3, -0.25) is 14.4 Å². The molecule has 0 radical (unpaired) electrons. The Hall–Kier alpha value is -3.19. The largest absolute Gasteiger partial charge is 0.383 e. The van der Waals surface area contributed by atoms with E-state index in [4.69, 9.17) is 4.74 Å². The van der Waals surface area contributed by atoms with Crippen LogP contribution in [0.1, 0.15) is 27.6 Å². The van der Waals surface area contributed by atoms with E-state index in [1.165, 1.54) is 13.0 Å². The molecule has 136 valence electrons. The second kappa shape index (κ2) is 9.33. The van der Waals surface area contributed by atoms with Crippen molar-refractivity contribution in [1.82, 2.24) is 5.32 Å². The number of anilines is 2. The van der Waals surface area contributed by atoms with E-state index in [-0.39, 0.29) is 17.7 Å². The molecule has 0 aromatic heterocycles. The summed E-state index contributed by atoms with van der Waals surface area (Å²) in [6, 6.07) is 13.2. The maximum absolute atomic E-state index is 12.4. The van der Waals surface area contributed by atoms with Crippen molar-refractivity contribution in [3.8, 4) is 0 Å². The van der Waals surface area contributed by atoms with E-state index < -0.39 is 0 Å². The number of carbonyl (C=O) groups is 3. The number of amides is 3. The third kappa shape index (κ3) is 5.71. The number of benzene rings is 2. The smallest absolute Gasteiger partial charge is 0.255 e. The van der Waals surface area contributed by atoms with Gasteiger partial charge in [-0.15, -0.1) is 0 Å². The highest BCUT2D eigenvalue weighted by molar-refractivity contribution is 6.06. The van der Waals surface area contributed by atoms with Gasteiger partial charge in [0.2, 0.25) is 5.91 Å². The fourth-order valence-electron chi connectivity index (χ4n) is 2.21. The molecule has 3 amide bonds. The van der Waals surface area contributed by atoms with E-state index >= 15 is 0 Å². The lowest BCUT2D eigenvalue weighted by Crippen LogP contribution is -2.27. The molecule has 0 spiro atoms. The molecule has 0 aliphatic heterocycles. The fraction of sp³-hybridized carbons (Fsp3) is 0.211. The predicted molar refractivity (Wildman–Crippen MR) is 99.4 cm³/mol. The minimum Gasteiger partial charge on any atom is -0.383 e. The van der Waals surface area contributed by atoms with Crippen LogP contribution in [0.2, 0.25) is 0 Å². The lowest BCUT2D eigenvalue weighted by Gasteiger charge is -2.09. The Morgan fingerprint density at radius 1 is 0.885 bits per heavy atom. The van der Waals surface area contributed by atoms with Gasteiger partial charge in [-0.2, -0.15) is 0 Å². The van der Waals surface area contributed by atoms with Gasteiger partial charge in [-0.05, 0) is 42.5 Å². The summed E-state index contributed by atoms with van der Waals surface area (Å²) in [5.74, 6) is -0.762. The lowest BCUT2D eigenvalue weighted by molar-refractivity contribution is -0.114. The van der Waals surface area contributed by atoms with Crippen LogP contribution in [0.15, 0.2) is 48.5 Å². The highest BCUT2D eigenvalue weighted by atomic mass is 16.5. The van der Waals surface area contributed by atoms with E-state index in [2.05, 4.69) is 16.0 Å². The molecule has 3 N–H and O–H groups in total. The van der Waals surface area contributed by atoms with Gasteiger partial charge in [0.15, 0.2) is 0 Å². The number of nitrogens with one attached hydrogen (secondary N) is 3. The zero-order valence-electron chi connectivity index (χ0n) is 14.7. The SMILES string of the molecule is COCCNC(=O)c1cccc(C(=O)Nc2ccc(NC(C)=O)cc2)c1. The van der Waals surface area contributed by atoms with Gasteiger partial charge in [0.25, 0.3) is 11.8 Å². The first-order valence-corrected chi connectivity index (χ1v) is 8.06. The second-order valence-electron chi connectivity index (χ2n) is 5.54. The molecule has 0 fully saturated rings. The van der Waals surface area contributed by atoms with Crippen molar-refractivity contribution in [2.24, 2.45) is 0 Å². The molecule has 0 saturated heterocycles. The van der Waals surface area contributed by atoms with Crippen LogP contribution in [-0.2, 0) is 9.53 Å². The molecule has 0 aliphatic carbocycles. The van der Waals surface area contributed by atoms with E-state index in [9.17, 15) is 14.4 Å². The summed E-state index contributed by atoms with van der Waals surface area (Å²) >= 11 is 0. The first kappa shape index (κ1) is 19.1. The van der Waals surface area contributed by atoms with Gasteiger partial charge in [-0.1, -0.05) is 6.07 Å². The number of carbonyl (C=O) groups excluding carboxylic acids is 3. The molecule has 7 heteroatoms. The van der Waals surface area contributed by atoms with Crippen LogP contribution in [0.3, 0.4) is 0 Å². The predicted octanol–water partition coefficient (Wildman–Crippen LogP) is 2.27. The molecule has 0 bridgehead atoms. The molecule has 0 saturated carbocycles. The molecule has 26 heavy (non-hydrogen) atoms. The summed E-state index contributed by atoms with van der Waals surface area (Å²) in [6.45, 7) is 2.24. The minimum atomic E-state index is -0.330. The molecule has 0 heterocycles. The number of hydrogen-bond acceptors (Lipinski definition) is 4. The molecule has 0 aliphatic rings. The van der Waals surface area contributed by atoms with Crippen molar-refractivity contribution in [2.75, 3.05) is 30.9 Å². The van der Waals surface area contributed by atoms with Crippen LogP contribution in [-0.4, -0.2) is 38.0 Å². The second-order valence-corrected chi connectivity index (χ2v) is 5.54. The zero-order valence-corrected chi connectivity index (χ0v) is 14.7. The highest BCUT2D eigenvalue weighted by Gasteiger charge is 2.10. The molecule has 7 nitrogen and oxygen atoms in total. The third-order valence-electron chi connectivity index (χ3n) is 3.44. The number of ether oxygens (including phenoxy) is 1. The van der Waals surface area contributed by atoms with Gasteiger partial charge in [0.1, 0.15) is 0 Å². The van der Waals surface area contributed by atoms with Gasteiger partial charge < -0.3 is 20.7 Å². The fourth-order valence-corrected chi connectivity index (χ4v) is 2.21. The first-order chi connectivity index (χ1) is 12.5. The average molecular weight is 355 g/mol. The quantitative estimate of drug-likeness (QED) is 0.664. The van der Waals surface area contributed by atoms with Gasteiger partial charge in [-0.25, -0.2) is 0 Å². The molecule has 0 atom stereocenters. The van der Waals surface area contributed by atoms with Crippen molar-refractivity contribution in [2.45, 2.75) is 6.92 Å². The van der Waals surface area contributed by atoms with Crippen LogP contribution in [0.25, 0.3) is 0 Å². The average Bonchev–Trinajstić information content (AvgIpc) is 2.63. The van der Waals surface area contributed by atoms with Gasteiger partial charge in [0.05, 0.1) is 6.61 Å². The van der Waals surface area contributed by atoms with Gasteiger partial charge >= 0.3 is 0 Å². The summed E-state index contributed by atoms with van der Waals surface area (Å²) in [6.07, 6.45) is 0. The van der Waals surface area contributed by atoms with Crippen LogP contribution < -0.4 is 16.0 Å². The Bertz CT molecular complexity index is 788. The molecule has 2 rings (SSSR count). The number of methoxy groups -OCH3 is 1. The van der Waals surface area contributed by atoms with Crippen LogP contribution in [0, 0.1) is 0 Å². The third-order valence-corrected chi connectivity index (χ3v) is 3.44. The van der Waals surface area contributed by atoms with Crippen molar-refractivity contribution in [3.05, 3.63) is 59.7 Å². The highest BCUT2D eigenvalue weighted by Crippen LogP contribution is 2.15. The van der Waals surface area contributed by atoms with E-state index in [0.717, 1.165) is 0 Å².